The second-order valence-corrected chi connectivity index (χ2v) is 5.92. The van der Waals surface area contributed by atoms with Crippen molar-refractivity contribution in [3.63, 3.8) is 0 Å². The molecule has 6 nitrogen and oxygen atoms in total. The molecule has 0 aliphatic heterocycles. The van der Waals surface area contributed by atoms with E-state index in [-0.39, 0.29) is 23.3 Å². The van der Waals surface area contributed by atoms with Gasteiger partial charge in [0.05, 0.1) is 28.9 Å². The Morgan fingerprint density at radius 3 is 2.04 bits per heavy atom. The molecule has 0 atom stereocenters. The Morgan fingerprint density at radius 1 is 0.929 bits per heavy atom. The number of esters is 2. The number of rotatable bonds is 6. The third-order valence-electron chi connectivity index (χ3n) is 3.92. The molecule has 2 aromatic rings. The molecule has 0 saturated heterocycles. The van der Waals surface area contributed by atoms with Crippen LogP contribution in [-0.4, -0.2) is 35.9 Å². The first-order chi connectivity index (χ1) is 13.1. The number of hydrogen-bond acceptors (Lipinski definition) is 5. The van der Waals surface area contributed by atoms with Gasteiger partial charge in [-0.2, -0.15) is 13.2 Å². The van der Waals surface area contributed by atoms with Crippen LogP contribution in [0.25, 0.3) is 0 Å². The topological polar surface area (TPSA) is 85.5 Å². The van der Waals surface area contributed by atoms with E-state index in [1.165, 1.54) is 0 Å². The van der Waals surface area contributed by atoms with Crippen molar-refractivity contribution in [1.29, 1.82) is 0 Å². The number of halogens is 3. The average molecular weight is 397 g/mol. The number of aromatic nitrogens is 1. The van der Waals surface area contributed by atoms with Gasteiger partial charge in [-0.15, -0.1) is 0 Å². The molecule has 28 heavy (non-hydrogen) atoms. The van der Waals surface area contributed by atoms with Gasteiger partial charge in [-0.1, -0.05) is 0 Å². The second-order valence-electron chi connectivity index (χ2n) is 5.92. The molecule has 0 unspecified atom stereocenters. The molecule has 2 rings (SSSR count). The van der Waals surface area contributed by atoms with E-state index in [1.807, 2.05) is 0 Å². The Kier molecular flexibility index (Phi) is 6.27. The van der Waals surface area contributed by atoms with Gasteiger partial charge in [0.25, 0.3) is 0 Å². The highest BCUT2D eigenvalue weighted by Gasteiger charge is 2.30. The van der Waals surface area contributed by atoms with Gasteiger partial charge in [0.1, 0.15) is 0 Å². The lowest BCUT2D eigenvalue weighted by molar-refractivity contribution is -0.137. The molecule has 0 bridgehead atoms. The number of Topliss-reactive ketones (excluding diaryl/α,β-unsaturated/α-hetero) is 1. The van der Waals surface area contributed by atoms with Crippen molar-refractivity contribution in [1.82, 2.24) is 4.98 Å². The molecule has 0 amide bonds. The van der Waals surface area contributed by atoms with Crippen molar-refractivity contribution in [2.24, 2.45) is 0 Å². The Labute approximate surface area is 158 Å². The predicted octanol–water partition coefficient (Wildman–Crippen LogP) is 3.87. The van der Waals surface area contributed by atoms with Crippen molar-refractivity contribution < 1.29 is 37.0 Å². The summed E-state index contributed by atoms with van der Waals surface area (Å²) in [6.45, 7) is 4.26. The summed E-state index contributed by atoms with van der Waals surface area (Å²) >= 11 is 0. The van der Waals surface area contributed by atoms with Crippen molar-refractivity contribution in [3.8, 4) is 0 Å². The van der Waals surface area contributed by atoms with Crippen LogP contribution in [0, 0.1) is 13.8 Å². The fourth-order valence-electron chi connectivity index (χ4n) is 2.67. The Morgan fingerprint density at radius 2 is 1.50 bits per heavy atom. The van der Waals surface area contributed by atoms with Crippen molar-refractivity contribution >= 4 is 17.7 Å². The number of aryl methyl sites for hydroxylation is 2. The maximum atomic E-state index is 12.6. The lowest BCUT2D eigenvalue weighted by atomic mass is 10.1. The van der Waals surface area contributed by atoms with Crippen LogP contribution < -0.4 is 0 Å². The lowest BCUT2D eigenvalue weighted by Crippen LogP contribution is -2.18. The van der Waals surface area contributed by atoms with Crippen LogP contribution >= 0.6 is 0 Å². The molecule has 0 spiro atoms. The minimum Gasteiger partial charge on any atom is -0.462 e. The average Bonchev–Trinajstić information content (AvgIpc) is 2.93. The zero-order chi connectivity index (χ0) is 21.1. The van der Waals surface area contributed by atoms with Crippen LogP contribution in [0.1, 0.15) is 54.9 Å². The van der Waals surface area contributed by atoms with E-state index < -0.39 is 36.1 Å². The summed E-state index contributed by atoms with van der Waals surface area (Å²) in [6.07, 6.45) is -4.52. The fourth-order valence-corrected chi connectivity index (χ4v) is 2.67. The molecule has 0 saturated carbocycles. The minimum atomic E-state index is -4.52. The van der Waals surface area contributed by atoms with Crippen molar-refractivity contribution in [2.45, 2.75) is 26.9 Å². The summed E-state index contributed by atoms with van der Waals surface area (Å²) in [6, 6.07) is 3.42. The molecule has 150 valence electrons. The number of carbonyl (C=O) groups is 3. The third kappa shape index (κ3) is 4.59. The zero-order valence-electron chi connectivity index (χ0n) is 15.4. The summed E-state index contributed by atoms with van der Waals surface area (Å²) in [5.74, 6) is -2.27. The molecule has 9 heteroatoms. The van der Waals surface area contributed by atoms with E-state index >= 15 is 0 Å². The lowest BCUT2D eigenvalue weighted by Gasteiger charge is -2.09. The summed E-state index contributed by atoms with van der Waals surface area (Å²) in [5.41, 5.74) is -0.0680. The van der Waals surface area contributed by atoms with E-state index in [2.05, 4.69) is 4.98 Å². The predicted molar refractivity (Wildman–Crippen MR) is 92.3 cm³/mol. The van der Waals surface area contributed by atoms with Crippen LogP contribution in [0.4, 0.5) is 13.2 Å². The Hall–Kier alpha value is -3.10. The molecular formula is C19H18F3NO5. The highest BCUT2D eigenvalue weighted by molar-refractivity contribution is 6.09. The fraction of sp³-hybridized carbons (Fsp3) is 0.316. The summed E-state index contributed by atoms with van der Waals surface area (Å²) in [4.78, 5) is 39.4. The second kappa shape index (κ2) is 8.28. The van der Waals surface area contributed by atoms with Crippen molar-refractivity contribution in [2.75, 3.05) is 13.2 Å². The molecule has 1 aromatic carbocycles. The molecule has 1 N–H and O–H groups in total. The zero-order valence-corrected chi connectivity index (χ0v) is 15.4. The number of benzene rings is 1. The molecule has 0 fully saturated rings. The van der Waals surface area contributed by atoms with Crippen LogP contribution in [0.2, 0.25) is 0 Å². The number of hydrogen-bond donors (Lipinski definition) is 1. The van der Waals surface area contributed by atoms with Gasteiger partial charge in [-0.05, 0) is 45.0 Å². The molecule has 1 aromatic heterocycles. The van der Waals surface area contributed by atoms with Gasteiger partial charge in [0.15, 0.2) is 6.61 Å². The smallest absolute Gasteiger partial charge is 0.416 e. The largest absolute Gasteiger partial charge is 0.462 e. The van der Waals surface area contributed by atoms with E-state index in [4.69, 9.17) is 9.47 Å². The quantitative estimate of drug-likeness (QED) is 0.591. The van der Waals surface area contributed by atoms with Gasteiger partial charge < -0.3 is 14.5 Å². The number of ether oxygens (including phenoxy) is 2. The summed E-state index contributed by atoms with van der Waals surface area (Å²) in [7, 11) is 0. The number of H-pyrrole nitrogens is 1. The van der Waals surface area contributed by atoms with Gasteiger partial charge >= 0.3 is 18.1 Å². The summed E-state index contributed by atoms with van der Waals surface area (Å²) in [5, 5.41) is 0. The van der Waals surface area contributed by atoms with E-state index in [1.54, 1.807) is 20.8 Å². The highest BCUT2D eigenvalue weighted by Crippen LogP contribution is 2.29. The van der Waals surface area contributed by atoms with Crippen LogP contribution in [0.5, 0.6) is 0 Å². The number of ketones is 1. The van der Waals surface area contributed by atoms with Gasteiger partial charge in [0.2, 0.25) is 5.78 Å². The minimum absolute atomic E-state index is 0.0520. The molecule has 0 aliphatic carbocycles. The standard InChI is InChI=1S/C19H18F3NO5/c1-4-27-18(26)16-11(3)23-10(2)15(16)14(24)9-28-17(25)12-5-7-13(8-6-12)19(20,21)22/h5-8,23H,4,9H2,1-3H3. The van der Waals surface area contributed by atoms with Crippen molar-refractivity contribution in [3.05, 3.63) is 57.9 Å². The van der Waals surface area contributed by atoms with Gasteiger partial charge in [-0.3, -0.25) is 4.79 Å². The first kappa shape index (κ1) is 21.2. The van der Waals surface area contributed by atoms with Crippen LogP contribution in [-0.2, 0) is 15.7 Å². The number of aromatic amines is 1. The number of alkyl halides is 3. The van der Waals surface area contributed by atoms with E-state index in [9.17, 15) is 27.6 Å². The summed E-state index contributed by atoms with van der Waals surface area (Å²) < 4.78 is 47.5. The van der Waals surface area contributed by atoms with E-state index in [0.717, 1.165) is 24.3 Å². The highest BCUT2D eigenvalue weighted by atomic mass is 19.4. The maximum Gasteiger partial charge on any atom is 0.416 e. The third-order valence-corrected chi connectivity index (χ3v) is 3.92. The number of carbonyl (C=O) groups excluding carboxylic acids is 3. The van der Waals surface area contributed by atoms with E-state index in [0.29, 0.717) is 11.4 Å². The van der Waals surface area contributed by atoms with Crippen LogP contribution in [0.3, 0.4) is 0 Å². The van der Waals surface area contributed by atoms with Gasteiger partial charge in [0, 0.05) is 11.4 Å². The Bertz CT molecular complexity index is 898. The molecular weight excluding hydrogens is 379 g/mol. The normalized spacial score (nSPS) is 11.2. The molecule has 0 aliphatic rings. The monoisotopic (exact) mass is 397 g/mol. The molecule has 1 heterocycles. The van der Waals surface area contributed by atoms with Crippen LogP contribution in [0.15, 0.2) is 24.3 Å². The molecule has 0 radical (unpaired) electrons. The number of nitrogens with one attached hydrogen (secondary N) is 1. The first-order valence-electron chi connectivity index (χ1n) is 8.30. The first-order valence-corrected chi connectivity index (χ1v) is 8.30. The maximum absolute atomic E-state index is 12.6. The Balaban J connectivity index is 2.12. The SMILES string of the molecule is CCOC(=O)c1c(C)[nH]c(C)c1C(=O)COC(=O)c1ccc(C(F)(F)F)cc1. The van der Waals surface area contributed by atoms with Gasteiger partial charge in [-0.25, -0.2) is 9.59 Å².